The lowest BCUT2D eigenvalue weighted by molar-refractivity contribution is -0.159. The van der Waals surface area contributed by atoms with Gasteiger partial charge < -0.3 is 14.9 Å². The average Bonchev–Trinajstić information content (AvgIpc) is 2.28. The molecule has 0 radical (unpaired) electrons. The van der Waals surface area contributed by atoms with E-state index in [0.29, 0.717) is 10.6 Å². The largest absolute Gasteiger partial charge is 0.464 e. The molecule has 0 fully saturated rings. The van der Waals surface area contributed by atoms with E-state index in [1.54, 1.807) is 19.1 Å². The van der Waals surface area contributed by atoms with E-state index in [0.717, 1.165) is 0 Å². The highest BCUT2D eigenvalue weighted by molar-refractivity contribution is 6.30. The van der Waals surface area contributed by atoms with Crippen LogP contribution in [0.4, 0.5) is 0 Å². The Bertz CT molecular complexity index is 350. The fraction of sp³-hybridized carbons (Fsp3) is 0.364. The molecule has 0 aliphatic carbocycles. The first-order valence-corrected chi connectivity index (χ1v) is 5.22. The molecule has 0 spiro atoms. The molecule has 5 heteroatoms. The number of carbonyl (C=O) groups excluding carboxylic acids is 1. The predicted octanol–water partition coefficient (Wildman–Crippen LogP) is 1.30. The lowest BCUT2D eigenvalue weighted by Gasteiger charge is -2.16. The van der Waals surface area contributed by atoms with Gasteiger partial charge in [0.25, 0.3) is 0 Å². The Morgan fingerprint density at radius 2 is 1.94 bits per heavy atom. The van der Waals surface area contributed by atoms with Crippen molar-refractivity contribution in [3.8, 4) is 0 Å². The zero-order chi connectivity index (χ0) is 12.1. The van der Waals surface area contributed by atoms with E-state index >= 15 is 0 Å². The second-order valence-corrected chi connectivity index (χ2v) is 3.63. The fourth-order valence-corrected chi connectivity index (χ4v) is 1.32. The van der Waals surface area contributed by atoms with E-state index < -0.39 is 18.2 Å². The normalized spacial score (nSPS) is 14.2. The summed E-state index contributed by atoms with van der Waals surface area (Å²) < 4.78 is 4.60. The van der Waals surface area contributed by atoms with E-state index in [1.807, 2.05) is 0 Å². The van der Waals surface area contributed by atoms with Crippen molar-refractivity contribution in [2.45, 2.75) is 19.1 Å². The molecule has 1 rings (SSSR count). The maximum Gasteiger partial charge on any atom is 0.338 e. The summed E-state index contributed by atoms with van der Waals surface area (Å²) in [6.07, 6.45) is -2.89. The lowest BCUT2D eigenvalue weighted by atomic mass is 10.0. The van der Waals surface area contributed by atoms with Gasteiger partial charge in [-0.3, -0.25) is 0 Å². The van der Waals surface area contributed by atoms with Gasteiger partial charge in [0, 0.05) is 5.02 Å². The number of esters is 1. The molecule has 0 aliphatic heterocycles. The number of carbonyl (C=O) groups is 1. The number of aliphatic hydroxyl groups is 2. The summed E-state index contributed by atoms with van der Waals surface area (Å²) in [4.78, 5) is 11.2. The first-order chi connectivity index (χ1) is 7.56. The Morgan fingerprint density at radius 3 is 2.44 bits per heavy atom. The molecule has 2 atom stereocenters. The van der Waals surface area contributed by atoms with Gasteiger partial charge in [0.15, 0.2) is 6.10 Å². The number of aliphatic hydroxyl groups excluding tert-OH is 2. The summed E-state index contributed by atoms with van der Waals surface area (Å²) in [6.45, 7) is 1.78. The molecule has 16 heavy (non-hydrogen) atoms. The van der Waals surface area contributed by atoms with Crippen LogP contribution in [-0.4, -0.2) is 28.9 Å². The SMILES string of the molecule is CCOC(=O)[C@H](O)[C@@H](O)c1ccc(Cl)cc1. The van der Waals surface area contributed by atoms with Crippen LogP contribution in [0.5, 0.6) is 0 Å². The van der Waals surface area contributed by atoms with E-state index in [1.165, 1.54) is 12.1 Å². The minimum atomic E-state index is -1.58. The minimum Gasteiger partial charge on any atom is -0.464 e. The second-order valence-electron chi connectivity index (χ2n) is 3.19. The van der Waals surface area contributed by atoms with Crippen LogP contribution in [0.15, 0.2) is 24.3 Å². The molecular weight excluding hydrogens is 232 g/mol. The summed E-state index contributed by atoms with van der Waals surface area (Å²) in [5.41, 5.74) is 0.407. The molecule has 0 amide bonds. The number of hydrogen-bond donors (Lipinski definition) is 2. The zero-order valence-corrected chi connectivity index (χ0v) is 9.52. The molecule has 0 unspecified atom stereocenters. The summed E-state index contributed by atoms with van der Waals surface area (Å²) in [6, 6.07) is 6.21. The summed E-state index contributed by atoms with van der Waals surface area (Å²) in [5, 5.41) is 19.7. The Hall–Kier alpha value is -1.10. The Morgan fingerprint density at radius 1 is 1.38 bits per heavy atom. The maximum absolute atomic E-state index is 11.2. The van der Waals surface area contributed by atoms with Gasteiger partial charge in [-0.05, 0) is 24.6 Å². The van der Waals surface area contributed by atoms with Gasteiger partial charge in [0.1, 0.15) is 6.10 Å². The van der Waals surface area contributed by atoms with Crippen LogP contribution in [0.25, 0.3) is 0 Å². The van der Waals surface area contributed by atoms with Gasteiger partial charge in [-0.15, -0.1) is 0 Å². The van der Waals surface area contributed by atoms with Gasteiger partial charge in [0.05, 0.1) is 6.61 Å². The van der Waals surface area contributed by atoms with Crippen LogP contribution in [0, 0.1) is 0 Å². The third kappa shape index (κ3) is 3.20. The van der Waals surface area contributed by atoms with E-state index in [4.69, 9.17) is 11.6 Å². The van der Waals surface area contributed by atoms with Crippen LogP contribution in [0.2, 0.25) is 5.02 Å². The molecule has 0 aromatic heterocycles. The van der Waals surface area contributed by atoms with Gasteiger partial charge in [-0.1, -0.05) is 23.7 Å². The quantitative estimate of drug-likeness (QED) is 0.784. The van der Waals surface area contributed by atoms with Gasteiger partial charge >= 0.3 is 5.97 Å². The van der Waals surface area contributed by atoms with Crippen molar-refractivity contribution in [1.29, 1.82) is 0 Å². The molecule has 0 bridgehead atoms. The molecular formula is C11H13ClO4. The molecule has 4 nitrogen and oxygen atoms in total. The number of rotatable bonds is 4. The Kier molecular flexibility index (Phi) is 4.73. The van der Waals surface area contributed by atoms with Gasteiger partial charge in [-0.25, -0.2) is 4.79 Å². The monoisotopic (exact) mass is 244 g/mol. The van der Waals surface area contributed by atoms with Crippen LogP contribution in [-0.2, 0) is 9.53 Å². The molecule has 0 heterocycles. The Labute approximate surface area is 98.4 Å². The van der Waals surface area contributed by atoms with Crippen molar-refractivity contribution in [2.24, 2.45) is 0 Å². The van der Waals surface area contributed by atoms with Gasteiger partial charge in [0.2, 0.25) is 0 Å². The predicted molar refractivity (Wildman–Crippen MR) is 59.1 cm³/mol. The minimum absolute atomic E-state index is 0.156. The summed E-state index contributed by atoms with van der Waals surface area (Å²) >= 11 is 5.67. The van der Waals surface area contributed by atoms with Crippen LogP contribution >= 0.6 is 11.6 Å². The van der Waals surface area contributed by atoms with E-state index in [2.05, 4.69) is 4.74 Å². The van der Waals surface area contributed by atoms with Crippen LogP contribution < -0.4 is 0 Å². The highest BCUT2D eigenvalue weighted by Gasteiger charge is 2.26. The molecule has 2 N–H and O–H groups in total. The first kappa shape index (κ1) is 13.0. The third-order valence-corrected chi connectivity index (χ3v) is 2.29. The highest BCUT2D eigenvalue weighted by Crippen LogP contribution is 2.19. The fourth-order valence-electron chi connectivity index (χ4n) is 1.20. The zero-order valence-electron chi connectivity index (χ0n) is 8.76. The second kappa shape index (κ2) is 5.84. The number of halogens is 1. The van der Waals surface area contributed by atoms with Crippen molar-refractivity contribution >= 4 is 17.6 Å². The van der Waals surface area contributed by atoms with Crippen molar-refractivity contribution in [2.75, 3.05) is 6.61 Å². The van der Waals surface area contributed by atoms with Crippen molar-refractivity contribution in [1.82, 2.24) is 0 Å². The van der Waals surface area contributed by atoms with E-state index in [-0.39, 0.29) is 6.61 Å². The molecule has 0 saturated carbocycles. The summed E-state index contributed by atoms with van der Waals surface area (Å²) in [7, 11) is 0. The van der Waals surface area contributed by atoms with Crippen molar-refractivity contribution < 1.29 is 19.7 Å². The van der Waals surface area contributed by atoms with Crippen LogP contribution in [0.3, 0.4) is 0 Å². The molecule has 88 valence electrons. The Balaban J connectivity index is 2.73. The third-order valence-electron chi connectivity index (χ3n) is 2.04. The summed E-state index contributed by atoms with van der Waals surface area (Å²) in [5.74, 6) is -0.843. The average molecular weight is 245 g/mol. The molecule has 1 aromatic carbocycles. The van der Waals surface area contributed by atoms with Crippen molar-refractivity contribution in [3.05, 3.63) is 34.9 Å². The van der Waals surface area contributed by atoms with Gasteiger partial charge in [-0.2, -0.15) is 0 Å². The topological polar surface area (TPSA) is 66.8 Å². The van der Waals surface area contributed by atoms with Crippen LogP contribution in [0.1, 0.15) is 18.6 Å². The highest BCUT2D eigenvalue weighted by atomic mass is 35.5. The lowest BCUT2D eigenvalue weighted by Crippen LogP contribution is -2.29. The molecule has 1 aromatic rings. The standard InChI is InChI=1S/C11H13ClO4/c1-2-16-11(15)10(14)9(13)7-3-5-8(12)6-4-7/h3-6,9-10,13-14H,2H2,1H3/t9-,10+/m0/s1. The number of benzene rings is 1. The first-order valence-electron chi connectivity index (χ1n) is 4.84. The molecule has 0 saturated heterocycles. The maximum atomic E-state index is 11.2. The smallest absolute Gasteiger partial charge is 0.338 e. The molecule has 0 aliphatic rings. The number of ether oxygens (including phenoxy) is 1. The number of hydrogen-bond acceptors (Lipinski definition) is 4. The van der Waals surface area contributed by atoms with Crippen molar-refractivity contribution in [3.63, 3.8) is 0 Å². The van der Waals surface area contributed by atoms with E-state index in [9.17, 15) is 15.0 Å².